The number of hydrogen-bond acceptors (Lipinski definition) is 3. The summed E-state index contributed by atoms with van der Waals surface area (Å²) in [7, 11) is 1.82. The summed E-state index contributed by atoms with van der Waals surface area (Å²) in [6, 6.07) is 0.253. The van der Waals surface area contributed by atoms with Crippen molar-refractivity contribution in [3.63, 3.8) is 0 Å². The number of nitrogens with zero attached hydrogens (tertiary/aromatic N) is 2. The molecule has 1 aliphatic heterocycles. The molecule has 5 nitrogen and oxygen atoms in total. The Labute approximate surface area is 165 Å². The van der Waals surface area contributed by atoms with E-state index in [0.29, 0.717) is 0 Å². The van der Waals surface area contributed by atoms with Crippen molar-refractivity contribution in [1.82, 2.24) is 9.80 Å². The first-order valence-electron chi connectivity index (χ1n) is 9.31. The summed E-state index contributed by atoms with van der Waals surface area (Å²) in [4.78, 5) is 41.9. The van der Waals surface area contributed by atoms with Crippen LogP contribution in [0.1, 0.15) is 38.5 Å². The smallest absolute Gasteiger partial charge is 0.242 e. The maximum Gasteiger partial charge on any atom is 0.242 e. The first-order valence-corrected chi connectivity index (χ1v) is 11.1. The molecule has 3 saturated carbocycles. The van der Waals surface area contributed by atoms with E-state index in [4.69, 9.17) is 0 Å². The zero-order valence-electron chi connectivity index (χ0n) is 14.4. The van der Waals surface area contributed by atoms with Crippen molar-refractivity contribution in [3.8, 4) is 0 Å². The fourth-order valence-electron chi connectivity index (χ4n) is 5.49. The molecule has 6 atom stereocenters. The van der Waals surface area contributed by atoms with Gasteiger partial charge in [-0.15, -0.1) is 0 Å². The summed E-state index contributed by atoms with van der Waals surface area (Å²) in [5.41, 5.74) is 0. The van der Waals surface area contributed by atoms with E-state index >= 15 is 0 Å². The molecule has 4 aliphatic rings. The molecular formula is C18H24Br2N2O3. The quantitative estimate of drug-likeness (QED) is 0.465. The number of hydrogen-bond donors (Lipinski definition) is 0. The van der Waals surface area contributed by atoms with Gasteiger partial charge >= 0.3 is 0 Å². The number of alkyl halides is 2. The minimum Gasteiger partial charge on any atom is -0.341 e. The molecule has 1 heterocycles. The Morgan fingerprint density at radius 2 is 1.56 bits per heavy atom. The maximum atomic E-state index is 12.9. The molecule has 0 spiro atoms. The number of fused-ring (bicyclic) bond motifs is 5. The Balaban J connectivity index is 1.46. The Morgan fingerprint density at radius 1 is 1.04 bits per heavy atom. The fourth-order valence-corrected chi connectivity index (χ4v) is 7.36. The molecule has 3 aliphatic carbocycles. The Morgan fingerprint density at radius 3 is 2.08 bits per heavy atom. The molecule has 0 aromatic rings. The molecule has 0 radical (unpaired) electrons. The van der Waals surface area contributed by atoms with E-state index in [-0.39, 0.29) is 63.6 Å². The lowest BCUT2D eigenvalue weighted by atomic mass is 9.81. The number of carbonyl (C=O) groups excluding carboxylic acids is 3. The third kappa shape index (κ3) is 2.71. The van der Waals surface area contributed by atoms with E-state index in [0.717, 1.165) is 32.1 Å². The van der Waals surface area contributed by atoms with Gasteiger partial charge in [0, 0.05) is 22.7 Å². The zero-order chi connectivity index (χ0) is 17.9. The summed E-state index contributed by atoms with van der Waals surface area (Å²) >= 11 is 7.37. The number of carbonyl (C=O) groups is 3. The van der Waals surface area contributed by atoms with Gasteiger partial charge in [-0.1, -0.05) is 51.1 Å². The molecule has 0 unspecified atom stereocenters. The van der Waals surface area contributed by atoms with Crippen molar-refractivity contribution >= 4 is 49.6 Å². The van der Waals surface area contributed by atoms with Crippen LogP contribution in [-0.2, 0) is 14.4 Å². The number of rotatable bonds is 3. The monoisotopic (exact) mass is 474 g/mol. The van der Waals surface area contributed by atoms with E-state index in [1.54, 1.807) is 4.90 Å². The molecule has 4 fully saturated rings. The van der Waals surface area contributed by atoms with E-state index < -0.39 is 0 Å². The second-order valence-electron chi connectivity index (χ2n) is 8.06. The van der Waals surface area contributed by atoms with Crippen molar-refractivity contribution in [2.24, 2.45) is 23.7 Å². The van der Waals surface area contributed by atoms with Crippen LogP contribution in [0.2, 0.25) is 0 Å². The average Bonchev–Trinajstić information content (AvgIpc) is 3.22. The molecule has 0 aromatic heterocycles. The predicted molar refractivity (Wildman–Crippen MR) is 100 cm³/mol. The van der Waals surface area contributed by atoms with Crippen LogP contribution in [0, 0.1) is 23.7 Å². The van der Waals surface area contributed by atoms with Crippen molar-refractivity contribution < 1.29 is 14.4 Å². The molecule has 0 aromatic carbocycles. The van der Waals surface area contributed by atoms with Crippen LogP contribution in [0.5, 0.6) is 0 Å². The molecule has 7 heteroatoms. The third-order valence-electron chi connectivity index (χ3n) is 6.89. The van der Waals surface area contributed by atoms with Crippen LogP contribution in [0.15, 0.2) is 0 Å². The van der Waals surface area contributed by atoms with Crippen molar-refractivity contribution in [2.45, 2.75) is 54.2 Å². The normalized spacial score (nSPS) is 40.7. The SMILES string of the molecule is CN(C(=O)CN1C(=O)[C@@H]2[C@@H]3C[C@H]([C@H](Br)[C@@H]3Br)[C@@H]2C1=O)C1CCCCC1. The molecule has 0 N–H and O–H groups in total. The van der Waals surface area contributed by atoms with Crippen LogP contribution in [0.4, 0.5) is 0 Å². The van der Waals surface area contributed by atoms with Gasteiger partial charge in [-0.2, -0.15) is 0 Å². The summed E-state index contributed by atoms with van der Waals surface area (Å²) in [5, 5.41) is 0. The average molecular weight is 476 g/mol. The van der Waals surface area contributed by atoms with Gasteiger partial charge in [0.25, 0.3) is 0 Å². The Bertz CT molecular complexity index is 575. The van der Waals surface area contributed by atoms with E-state index in [9.17, 15) is 14.4 Å². The van der Waals surface area contributed by atoms with Crippen molar-refractivity contribution in [2.75, 3.05) is 13.6 Å². The Kier molecular flexibility index (Phi) is 4.76. The second kappa shape index (κ2) is 6.63. The first kappa shape index (κ1) is 18.0. The second-order valence-corrected chi connectivity index (χ2v) is 10.2. The standard InChI is InChI=1S/C18H24Br2N2O3/c1-21(9-5-3-2-4-6-9)12(23)8-22-17(24)13-10-7-11(14(13)18(22)25)16(20)15(10)19/h9-11,13-16H,2-8H2,1H3/t10-,11-,13-,14+,15-,16+/m0/s1. The van der Waals surface area contributed by atoms with Gasteiger partial charge in [-0.05, 0) is 31.1 Å². The lowest BCUT2D eigenvalue weighted by Gasteiger charge is -2.32. The summed E-state index contributed by atoms with van der Waals surface area (Å²) in [6.45, 7) is -0.0863. The molecule has 4 rings (SSSR count). The van der Waals surface area contributed by atoms with Gasteiger partial charge in [0.15, 0.2) is 0 Å². The van der Waals surface area contributed by atoms with Crippen molar-refractivity contribution in [3.05, 3.63) is 0 Å². The van der Waals surface area contributed by atoms with Crippen LogP contribution >= 0.6 is 31.9 Å². The lowest BCUT2D eigenvalue weighted by molar-refractivity contribution is -0.147. The number of likely N-dealkylation sites (N-methyl/N-ethyl adjacent to an activating group) is 1. The van der Waals surface area contributed by atoms with Gasteiger partial charge < -0.3 is 4.90 Å². The van der Waals surface area contributed by atoms with E-state index in [1.165, 1.54) is 11.3 Å². The number of likely N-dealkylation sites (tertiary alicyclic amines) is 1. The highest BCUT2D eigenvalue weighted by molar-refractivity contribution is 9.12. The predicted octanol–water partition coefficient (Wildman–Crippen LogP) is 2.56. The molecule has 2 bridgehead atoms. The van der Waals surface area contributed by atoms with Gasteiger partial charge in [0.05, 0.1) is 11.8 Å². The Hall–Kier alpha value is -0.430. The number of imide groups is 1. The zero-order valence-corrected chi connectivity index (χ0v) is 17.5. The van der Waals surface area contributed by atoms with Gasteiger partial charge in [-0.3, -0.25) is 19.3 Å². The first-order chi connectivity index (χ1) is 11.9. The fraction of sp³-hybridized carbons (Fsp3) is 0.833. The highest BCUT2D eigenvalue weighted by atomic mass is 79.9. The highest BCUT2D eigenvalue weighted by Gasteiger charge is 2.66. The minimum absolute atomic E-state index is 0.0863. The van der Waals surface area contributed by atoms with Crippen molar-refractivity contribution in [1.29, 1.82) is 0 Å². The molecule has 25 heavy (non-hydrogen) atoms. The van der Waals surface area contributed by atoms with Gasteiger partial charge in [0.1, 0.15) is 6.54 Å². The van der Waals surface area contributed by atoms with E-state index in [1.807, 2.05) is 7.05 Å². The maximum absolute atomic E-state index is 12.9. The van der Waals surface area contributed by atoms with Crippen LogP contribution in [0.25, 0.3) is 0 Å². The summed E-state index contributed by atoms with van der Waals surface area (Å²) in [5.74, 6) is -0.425. The largest absolute Gasteiger partial charge is 0.341 e. The molecule has 138 valence electrons. The third-order valence-corrected chi connectivity index (χ3v) is 10.1. The van der Waals surface area contributed by atoms with Crippen LogP contribution in [0.3, 0.4) is 0 Å². The van der Waals surface area contributed by atoms with E-state index in [2.05, 4.69) is 31.9 Å². The highest BCUT2D eigenvalue weighted by Crippen LogP contribution is 2.60. The number of amides is 3. The van der Waals surface area contributed by atoms with Crippen LogP contribution in [-0.4, -0.2) is 56.8 Å². The molecule has 1 saturated heterocycles. The molecular weight excluding hydrogens is 452 g/mol. The lowest BCUT2D eigenvalue weighted by Crippen LogP contribution is -2.46. The van der Waals surface area contributed by atoms with Crippen LogP contribution < -0.4 is 0 Å². The summed E-state index contributed by atoms with van der Waals surface area (Å²) in [6.07, 6.45) is 6.50. The molecule has 3 amide bonds. The number of halogens is 2. The topological polar surface area (TPSA) is 57.7 Å². The minimum atomic E-state index is -0.233. The van der Waals surface area contributed by atoms with Gasteiger partial charge in [-0.25, -0.2) is 0 Å². The summed E-state index contributed by atoms with van der Waals surface area (Å²) < 4.78 is 0. The van der Waals surface area contributed by atoms with Gasteiger partial charge in [0.2, 0.25) is 17.7 Å².